The Bertz CT molecular complexity index is 1450. The molecule has 5 amide bonds. The number of carbonyl (C=O) groups excluding carboxylic acids is 6. The van der Waals surface area contributed by atoms with Crippen LogP contribution in [-0.2, 0) is 35.3 Å². The molecule has 3 saturated carbocycles. The Morgan fingerprint density at radius 3 is 2.16 bits per heavy atom. The normalized spacial score (nSPS) is 24.8. The molecule has 3 aliphatic carbocycles. The van der Waals surface area contributed by atoms with E-state index in [0.717, 1.165) is 56.9 Å². The van der Waals surface area contributed by atoms with Gasteiger partial charge in [0.05, 0.1) is 6.04 Å². The molecule has 1 saturated heterocycles. The Hall–Kier alpha value is -3.96. The van der Waals surface area contributed by atoms with Gasteiger partial charge in [0.15, 0.2) is 0 Å². The summed E-state index contributed by atoms with van der Waals surface area (Å²) < 4.78 is 5.67. The van der Waals surface area contributed by atoms with Crippen molar-refractivity contribution in [1.29, 1.82) is 0 Å². The molecule has 4 aliphatic rings. The van der Waals surface area contributed by atoms with Crippen molar-refractivity contribution in [3.05, 3.63) is 35.9 Å². The molecule has 274 valence electrons. The number of amides is 5. The van der Waals surface area contributed by atoms with Gasteiger partial charge in [0.25, 0.3) is 5.91 Å². The van der Waals surface area contributed by atoms with Crippen LogP contribution in [0, 0.1) is 34.5 Å². The van der Waals surface area contributed by atoms with Crippen LogP contribution in [0.1, 0.15) is 98.0 Å². The number of nitrogens with zero attached hydrogens (tertiary/aromatic N) is 1. The Morgan fingerprint density at radius 2 is 1.58 bits per heavy atom. The zero-order valence-corrected chi connectivity index (χ0v) is 30.2. The van der Waals surface area contributed by atoms with Gasteiger partial charge in [-0.3, -0.25) is 19.2 Å². The van der Waals surface area contributed by atoms with Crippen molar-refractivity contribution >= 4 is 35.5 Å². The van der Waals surface area contributed by atoms with Gasteiger partial charge in [0, 0.05) is 6.54 Å². The predicted molar refractivity (Wildman–Crippen MR) is 186 cm³/mol. The highest BCUT2D eigenvalue weighted by molar-refractivity contribution is 6.37. The molecule has 4 fully saturated rings. The van der Waals surface area contributed by atoms with E-state index in [1.165, 1.54) is 4.90 Å². The van der Waals surface area contributed by atoms with E-state index >= 15 is 0 Å². The van der Waals surface area contributed by atoms with E-state index in [1.54, 1.807) is 0 Å². The smallest absolute Gasteiger partial charge is 0.329 e. The molecule has 1 heterocycles. The highest BCUT2D eigenvalue weighted by Gasteiger charge is 2.70. The van der Waals surface area contributed by atoms with Gasteiger partial charge < -0.3 is 31.3 Å². The molecule has 5 N–H and O–H groups in total. The molecule has 1 aromatic rings. The number of nitrogens with one attached hydrogen (secondary N) is 3. The van der Waals surface area contributed by atoms with Crippen molar-refractivity contribution in [3.63, 3.8) is 0 Å². The first-order valence-corrected chi connectivity index (χ1v) is 18.3. The van der Waals surface area contributed by atoms with E-state index in [0.29, 0.717) is 13.0 Å². The number of ketones is 1. The largest absolute Gasteiger partial charge is 0.459 e. The fourth-order valence-electron chi connectivity index (χ4n) is 8.32. The van der Waals surface area contributed by atoms with Gasteiger partial charge in [0.2, 0.25) is 17.6 Å². The molecular weight excluding hydrogens is 638 g/mol. The lowest BCUT2D eigenvalue weighted by Gasteiger charge is -2.38. The summed E-state index contributed by atoms with van der Waals surface area (Å²) in [5.74, 6) is -3.35. The minimum atomic E-state index is -1.10. The van der Waals surface area contributed by atoms with Crippen LogP contribution in [0.2, 0.25) is 0 Å². The van der Waals surface area contributed by atoms with Crippen LogP contribution in [0.3, 0.4) is 0 Å². The van der Waals surface area contributed by atoms with E-state index in [9.17, 15) is 28.8 Å². The number of nitrogens with two attached hydrogens (primary N) is 1. The van der Waals surface area contributed by atoms with Crippen LogP contribution in [0.15, 0.2) is 30.3 Å². The lowest BCUT2D eigenvalue weighted by molar-refractivity contribution is -0.149. The molecule has 0 bridgehead atoms. The maximum Gasteiger partial charge on any atom is 0.329 e. The van der Waals surface area contributed by atoms with Crippen LogP contribution in [-0.4, -0.2) is 71.1 Å². The summed E-state index contributed by atoms with van der Waals surface area (Å²) in [6, 6.07) is 4.82. The minimum Gasteiger partial charge on any atom is -0.459 e. The van der Waals surface area contributed by atoms with Gasteiger partial charge in [-0.05, 0) is 59.3 Å². The number of hydrogen-bond donors (Lipinski definition) is 4. The molecule has 0 aromatic heterocycles. The predicted octanol–water partition coefficient (Wildman–Crippen LogP) is 3.61. The van der Waals surface area contributed by atoms with Crippen LogP contribution >= 0.6 is 0 Å². The second-order valence-corrected chi connectivity index (χ2v) is 16.6. The summed E-state index contributed by atoms with van der Waals surface area (Å²) in [7, 11) is 0. The fourth-order valence-corrected chi connectivity index (χ4v) is 8.32. The third-order valence-corrected chi connectivity index (χ3v) is 11.7. The number of piperidine rings is 1. The summed E-state index contributed by atoms with van der Waals surface area (Å²) in [6.45, 7) is 10.0. The third-order valence-electron chi connectivity index (χ3n) is 11.7. The Kier molecular flexibility index (Phi) is 11.3. The van der Waals surface area contributed by atoms with E-state index in [1.807, 2.05) is 51.1 Å². The topological polar surface area (TPSA) is 177 Å². The van der Waals surface area contributed by atoms with Gasteiger partial charge in [-0.1, -0.05) is 103 Å². The Balaban J connectivity index is 1.31. The summed E-state index contributed by atoms with van der Waals surface area (Å²) >= 11 is 0. The highest BCUT2D eigenvalue weighted by atomic mass is 16.5. The summed E-state index contributed by atoms with van der Waals surface area (Å²) in [6.07, 6.45) is 7.70. The van der Waals surface area contributed by atoms with Crippen molar-refractivity contribution in [1.82, 2.24) is 20.9 Å². The summed E-state index contributed by atoms with van der Waals surface area (Å²) in [5.41, 5.74) is 5.23. The van der Waals surface area contributed by atoms with Crippen molar-refractivity contribution in [2.24, 2.45) is 40.2 Å². The van der Waals surface area contributed by atoms with Gasteiger partial charge in [-0.2, -0.15) is 0 Å². The second-order valence-electron chi connectivity index (χ2n) is 16.6. The van der Waals surface area contributed by atoms with Crippen molar-refractivity contribution in [2.45, 2.75) is 123 Å². The van der Waals surface area contributed by atoms with Crippen molar-refractivity contribution in [2.75, 3.05) is 6.54 Å². The number of fused-ring (bicyclic) bond motifs is 1. The molecule has 6 atom stereocenters. The monoisotopic (exact) mass is 693 g/mol. The first-order chi connectivity index (χ1) is 23.6. The van der Waals surface area contributed by atoms with E-state index in [4.69, 9.17) is 10.5 Å². The number of urea groups is 1. The maximum atomic E-state index is 14.4. The number of likely N-dealkylation sites (tertiary alicyclic amines) is 1. The first kappa shape index (κ1) is 37.3. The minimum absolute atomic E-state index is 0.0589. The first-order valence-electron chi connectivity index (χ1n) is 18.3. The van der Waals surface area contributed by atoms with Crippen LogP contribution < -0.4 is 21.7 Å². The average Bonchev–Trinajstić information content (AvgIpc) is 3.36. The lowest BCUT2D eigenvalue weighted by Crippen LogP contribution is -2.62. The van der Waals surface area contributed by atoms with Crippen molar-refractivity contribution in [3.8, 4) is 0 Å². The molecule has 0 radical (unpaired) electrons. The number of ether oxygens (including phenoxy) is 1. The molecule has 50 heavy (non-hydrogen) atoms. The molecule has 5 rings (SSSR count). The number of benzene rings is 1. The number of esters is 1. The van der Waals surface area contributed by atoms with Crippen molar-refractivity contribution < 1.29 is 33.5 Å². The SMILES string of the molecule is CC(C)(C)[C@H](NC(=O)N[C@H](C(=O)OCc1ccccc1)C1CCCCC1)C(=O)N1C[C@H]2[C@@H]([C@H]1C(=O)NC(CC1CCC1)C(=O)C(N)=O)C2(C)C. The molecule has 1 unspecified atom stereocenters. The lowest BCUT2D eigenvalue weighted by atomic mass is 9.80. The Morgan fingerprint density at radius 1 is 0.920 bits per heavy atom. The van der Waals surface area contributed by atoms with Gasteiger partial charge in [-0.25, -0.2) is 9.59 Å². The zero-order valence-electron chi connectivity index (χ0n) is 30.2. The summed E-state index contributed by atoms with van der Waals surface area (Å²) in [4.78, 5) is 81.7. The van der Waals surface area contributed by atoms with E-state index < -0.39 is 65.1 Å². The van der Waals surface area contributed by atoms with Crippen LogP contribution in [0.25, 0.3) is 0 Å². The molecular formula is C38H55N5O7. The maximum absolute atomic E-state index is 14.4. The van der Waals surface area contributed by atoms with Gasteiger partial charge in [0.1, 0.15) is 24.7 Å². The van der Waals surface area contributed by atoms with E-state index in [2.05, 4.69) is 29.8 Å². The quantitative estimate of drug-likeness (QED) is 0.180. The Labute approximate surface area is 295 Å². The molecule has 1 aliphatic heterocycles. The highest BCUT2D eigenvalue weighted by Crippen LogP contribution is 2.65. The molecule has 12 nitrogen and oxygen atoms in total. The number of primary amides is 1. The summed E-state index contributed by atoms with van der Waals surface area (Å²) in [5, 5.41) is 8.52. The van der Waals surface area contributed by atoms with Crippen LogP contribution in [0.5, 0.6) is 0 Å². The number of rotatable bonds is 13. The van der Waals surface area contributed by atoms with Gasteiger partial charge >= 0.3 is 12.0 Å². The van der Waals surface area contributed by atoms with E-state index in [-0.39, 0.29) is 35.7 Å². The van der Waals surface area contributed by atoms with Crippen LogP contribution in [0.4, 0.5) is 4.79 Å². The fraction of sp³-hybridized carbons (Fsp3) is 0.684. The van der Waals surface area contributed by atoms with Gasteiger partial charge in [-0.15, -0.1) is 0 Å². The third kappa shape index (κ3) is 8.32. The number of hydrogen-bond acceptors (Lipinski definition) is 7. The zero-order chi connectivity index (χ0) is 36.4. The number of carbonyl (C=O) groups is 6. The molecule has 0 spiro atoms. The second kappa shape index (κ2) is 15.1. The standard InChI is InChI=1S/C38H55N5O7/c1-37(2,3)31(42-36(49)41-28(24-17-10-7-11-18-24)35(48)50-21-23-13-8-6-9-14-23)34(47)43-20-25-27(38(25,4)5)29(43)33(46)40-26(30(44)32(39)45)19-22-15-12-16-22/h6,8-9,13-14,22,24-29,31H,7,10-12,15-21H2,1-5H3,(H2,39,45)(H,40,46)(H2,41,42,49)/t25-,26?,27-,28-,29-,31+/m0/s1. The average molecular weight is 694 g/mol. The molecule has 12 heteroatoms. The number of Topliss-reactive ketones (excluding diaryl/α,β-unsaturated/α-hetero) is 1. The molecule has 1 aromatic carbocycles.